The number of hydrogen-bond acceptors (Lipinski definition) is 2. The second-order valence-corrected chi connectivity index (χ2v) is 7.20. The molecule has 0 amide bonds. The number of carbonyl (C=O) groups is 1. The Hall–Kier alpha value is -2.36. The van der Waals surface area contributed by atoms with Crippen LogP contribution in [-0.4, -0.2) is 21.0 Å². The van der Waals surface area contributed by atoms with E-state index in [1.807, 2.05) is 30.5 Å². The fourth-order valence-electron chi connectivity index (χ4n) is 3.11. The van der Waals surface area contributed by atoms with Crippen molar-refractivity contribution in [1.29, 1.82) is 0 Å². The normalized spacial score (nSPS) is 15.0. The van der Waals surface area contributed by atoms with E-state index in [4.69, 9.17) is 0 Å². The van der Waals surface area contributed by atoms with E-state index in [9.17, 15) is 19.4 Å². The van der Waals surface area contributed by atoms with Crippen LogP contribution in [0.5, 0.6) is 0 Å². The summed E-state index contributed by atoms with van der Waals surface area (Å²) in [5.74, 6) is -1.26. The highest BCUT2D eigenvalue weighted by atomic mass is 31.1. The van der Waals surface area contributed by atoms with Crippen molar-refractivity contribution in [3.8, 4) is 0 Å². The summed E-state index contributed by atoms with van der Waals surface area (Å²) in [5.41, 5.74) is 2.29. The number of benzene rings is 2. The highest BCUT2D eigenvalue weighted by molar-refractivity contribution is 7.41. The fourth-order valence-corrected chi connectivity index (χ4v) is 4.05. The third-order valence-corrected chi connectivity index (χ3v) is 5.93. The van der Waals surface area contributed by atoms with Gasteiger partial charge in [0, 0.05) is 17.1 Å². The average Bonchev–Trinajstić information content (AvgIpc) is 3.05. The van der Waals surface area contributed by atoms with Crippen LogP contribution in [0.1, 0.15) is 17.5 Å². The molecule has 3 N–H and O–H groups in total. The lowest BCUT2D eigenvalue weighted by Gasteiger charge is -2.27. The number of carboxylic acids is 1. The first-order chi connectivity index (χ1) is 11.6. The molecule has 0 radical (unpaired) electrons. The zero-order valence-corrected chi connectivity index (χ0v) is 13.9. The van der Waals surface area contributed by atoms with Crippen LogP contribution in [-0.2, 0) is 20.9 Å². The average molecular weight is 343 g/mol. The van der Waals surface area contributed by atoms with Gasteiger partial charge in [0.1, 0.15) is 0 Å². The maximum atomic E-state index is 12.1. The highest BCUT2D eigenvalue weighted by Gasteiger charge is 2.45. The first-order valence-electron chi connectivity index (χ1n) is 7.63. The van der Waals surface area contributed by atoms with Gasteiger partial charge in [-0.15, -0.1) is 0 Å². The van der Waals surface area contributed by atoms with Gasteiger partial charge in [-0.3, -0.25) is 9.36 Å². The van der Waals surface area contributed by atoms with Crippen LogP contribution >= 0.6 is 8.03 Å². The SMILES string of the molecule is O=C(O)C(CCc1cccc2[nH]ccc12)(c1ccccc1)[PH](=O)O. The molecule has 0 saturated heterocycles. The molecule has 6 heteroatoms. The lowest BCUT2D eigenvalue weighted by atomic mass is 9.90. The molecule has 2 unspecified atom stereocenters. The molecule has 3 aromatic rings. The number of aliphatic carboxylic acids is 1. The lowest BCUT2D eigenvalue weighted by Crippen LogP contribution is -2.33. The quantitative estimate of drug-likeness (QED) is 0.597. The van der Waals surface area contributed by atoms with E-state index in [2.05, 4.69) is 4.98 Å². The third-order valence-electron chi connectivity index (χ3n) is 4.45. The molecule has 0 aliphatic rings. The minimum atomic E-state index is -3.35. The first-order valence-corrected chi connectivity index (χ1v) is 8.98. The van der Waals surface area contributed by atoms with Crippen molar-refractivity contribution in [3.05, 3.63) is 71.9 Å². The van der Waals surface area contributed by atoms with Crippen LogP contribution in [0.25, 0.3) is 10.9 Å². The van der Waals surface area contributed by atoms with Crippen LogP contribution in [0.3, 0.4) is 0 Å². The summed E-state index contributed by atoms with van der Waals surface area (Å²) in [5, 5.41) is 8.99. The van der Waals surface area contributed by atoms with Crippen molar-refractivity contribution in [2.45, 2.75) is 18.0 Å². The monoisotopic (exact) mass is 343 g/mol. The number of hydrogen-bond donors (Lipinski definition) is 3. The summed E-state index contributed by atoms with van der Waals surface area (Å²) in [6.07, 6.45) is 2.28. The topological polar surface area (TPSA) is 90.4 Å². The maximum absolute atomic E-state index is 12.1. The molecule has 24 heavy (non-hydrogen) atoms. The second-order valence-electron chi connectivity index (χ2n) is 5.74. The third kappa shape index (κ3) is 2.77. The van der Waals surface area contributed by atoms with Crippen LogP contribution in [0.4, 0.5) is 0 Å². The second kappa shape index (κ2) is 6.63. The van der Waals surface area contributed by atoms with Gasteiger partial charge in [0.25, 0.3) is 0 Å². The standard InChI is InChI=1S/C18H18NO4P/c20-17(21)18(24(22)23,14-6-2-1-3-7-14)11-9-13-5-4-8-16-15(13)10-12-19-16/h1-8,10,12,19,24H,9,11H2,(H,20,21)(H,22,23). The van der Waals surface area contributed by atoms with Crippen LogP contribution in [0.2, 0.25) is 0 Å². The summed E-state index contributed by atoms with van der Waals surface area (Å²) in [6, 6.07) is 16.0. The zero-order valence-electron chi connectivity index (χ0n) is 12.9. The minimum Gasteiger partial charge on any atom is -0.480 e. The number of aryl methyl sites for hydroxylation is 1. The number of carboxylic acid groups (broad SMARTS) is 1. The molecule has 124 valence electrons. The van der Waals surface area contributed by atoms with Crippen molar-refractivity contribution >= 4 is 24.9 Å². The molecule has 2 atom stereocenters. The van der Waals surface area contributed by atoms with E-state index in [1.54, 1.807) is 30.3 Å². The van der Waals surface area contributed by atoms with Gasteiger partial charge < -0.3 is 15.0 Å². The summed E-state index contributed by atoms with van der Waals surface area (Å²) in [6.45, 7) is 0. The van der Waals surface area contributed by atoms with E-state index < -0.39 is 19.2 Å². The largest absolute Gasteiger partial charge is 0.480 e. The summed E-state index contributed by atoms with van der Waals surface area (Å²) in [4.78, 5) is 25.0. The molecular formula is C18H18NO4P. The Morgan fingerprint density at radius 3 is 2.50 bits per heavy atom. The highest BCUT2D eigenvalue weighted by Crippen LogP contribution is 2.48. The Kier molecular flexibility index (Phi) is 4.56. The molecule has 3 rings (SSSR count). The Morgan fingerprint density at radius 2 is 1.83 bits per heavy atom. The van der Waals surface area contributed by atoms with Crippen LogP contribution < -0.4 is 0 Å². The smallest absolute Gasteiger partial charge is 0.323 e. The minimum absolute atomic E-state index is 0.0605. The van der Waals surface area contributed by atoms with Gasteiger partial charge in [-0.1, -0.05) is 42.5 Å². The van der Waals surface area contributed by atoms with Gasteiger partial charge in [-0.05, 0) is 36.1 Å². The predicted molar refractivity (Wildman–Crippen MR) is 93.6 cm³/mol. The van der Waals surface area contributed by atoms with E-state index in [-0.39, 0.29) is 6.42 Å². The van der Waals surface area contributed by atoms with Crippen molar-refractivity contribution in [2.24, 2.45) is 0 Å². The Balaban J connectivity index is 2.00. The number of aromatic amines is 1. The number of rotatable bonds is 6. The molecule has 0 aliphatic heterocycles. The lowest BCUT2D eigenvalue weighted by molar-refractivity contribution is -0.140. The molecule has 0 aliphatic carbocycles. The molecule has 5 nitrogen and oxygen atoms in total. The fraction of sp³-hybridized carbons (Fsp3) is 0.167. The number of fused-ring (bicyclic) bond motifs is 1. The molecule has 0 bridgehead atoms. The van der Waals surface area contributed by atoms with Crippen LogP contribution in [0.15, 0.2) is 60.8 Å². The van der Waals surface area contributed by atoms with E-state index in [0.29, 0.717) is 12.0 Å². The van der Waals surface area contributed by atoms with E-state index >= 15 is 0 Å². The Bertz CT molecular complexity index is 874. The molecule has 0 fully saturated rings. The van der Waals surface area contributed by atoms with Gasteiger partial charge in [-0.2, -0.15) is 0 Å². The zero-order chi connectivity index (χ0) is 17.2. The molecule has 1 heterocycles. The van der Waals surface area contributed by atoms with Gasteiger partial charge >= 0.3 is 5.97 Å². The molecule has 2 aromatic carbocycles. The van der Waals surface area contributed by atoms with Crippen molar-refractivity contribution in [1.82, 2.24) is 4.98 Å². The number of aromatic nitrogens is 1. The van der Waals surface area contributed by atoms with Gasteiger partial charge in [-0.25, -0.2) is 0 Å². The number of nitrogens with one attached hydrogen (secondary N) is 1. The molecular weight excluding hydrogens is 325 g/mol. The molecule has 0 spiro atoms. The Labute approximate surface area is 139 Å². The molecule has 1 aromatic heterocycles. The van der Waals surface area contributed by atoms with Gasteiger partial charge in [0.05, 0.1) is 0 Å². The van der Waals surface area contributed by atoms with Crippen LogP contribution in [0, 0.1) is 0 Å². The summed E-state index contributed by atoms with van der Waals surface area (Å²) in [7, 11) is -3.35. The van der Waals surface area contributed by atoms with Gasteiger partial charge in [0.2, 0.25) is 8.03 Å². The first kappa shape index (κ1) is 16.5. The van der Waals surface area contributed by atoms with Gasteiger partial charge in [0.15, 0.2) is 5.16 Å². The van der Waals surface area contributed by atoms with Crippen molar-refractivity contribution in [2.75, 3.05) is 0 Å². The Morgan fingerprint density at radius 1 is 1.08 bits per heavy atom. The van der Waals surface area contributed by atoms with Crippen molar-refractivity contribution < 1.29 is 19.4 Å². The summed E-state index contributed by atoms with van der Waals surface area (Å²) < 4.78 is 12.1. The maximum Gasteiger partial charge on any atom is 0.323 e. The molecule has 0 saturated carbocycles. The predicted octanol–water partition coefficient (Wildman–Crippen LogP) is 3.55. The van der Waals surface area contributed by atoms with E-state index in [1.165, 1.54) is 0 Å². The number of H-pyrrole nitrogens is 1. The van der Waals surface area contributed by atoms with Crippen molar-refractivity contribution in [3.63, 3.8) is 0 Å². The summed E-state index contributed by atoms with van der Waals surface area (Å²) >= 11 is 0. The van der Waals surface area contributed by atoms with E-state index in [0.717, 1.165) is 16.5 Å².